The number of halogens is 3. The molecule has 1 atom stereocenters. The quantitative estimate of drug-likeness (QED) is 0.817. The third-order valence-electron chi connectivity index (χ3n) is 2.23. The summed E-state index contributed by atoms with van der Waals surface area (Å²) in [6.07, 6.45) is 5.90. The van der Waals surface area contributed by atoms with Crippen molar-refractivity contribution < 1.29 is 0 Å². The number of hydrogen-bond acceptors (Lipinski definition) is 3. The fraction of sp³-hybridized carbons (Fsp3) is 0.500. The van der Waals surface area contributed by atoms with Crippen LogP contribution in [0, 0.1) is 0 Å². The Morgan fingerprint density at radius 1 is 1.19 bits per heavy atom. The van der Waals surface area contributed by atoms with Crippen molar-refractivity contribution in [2.45, 2.75) is 25.3 Å². The Bertz CT molecular complexity index is 300. The monoisotopic (exact) mass is 283 g/mol. The summed E-state index contributed by atoms with van der Waals surface area (Å²) >= 11 is 12.0. The molecule has 0 amide bonds. The summed E-state index contributed by atoms with van der Waals surface area (Å²) in [6, 6.07) is -0.139. The van der Waals surface area contributed by atoms with Crippen LogP contribution in [0.15, 0.2) is 12.4 Å². The maximum atomic E-state index is 6.00. The maximum absolute atomic E-state index is 6.00. The van der Waals surface area contributed by atoms with Crippen LogP contribution in [0.3, 0.4) is 0 Å². The minimum atomic E-state index is -0.139. The molecule has 0 unspecified atom stereocenters. The van der Waals surface area contributed by atoms with E-state index in [1.807, 2.05) is 0 Å². The van der Waals surface area contributed by atoms with E-state index in [9.17, 15) is 0 Å². The van der Waals surface area contributed by atoms with Gasteiger partial charge in [-0.05, 0) is 19.4 Å². The molecule has 1 heterocycles. The van der Waals surface area contributed by atoms with Gasteiger partial charge in [-0.1, -0.05) is 29.6 Å². The predicted molar refractivity (Wildman–Crippen MR) is 71.3 cm³/mol. The highest BCUT2D eigenvalue weighted by Gasteiger charge is 2.13. The first-order valence-corrected chi connectivity index (χ1v) is 5.67. The first-order valence-electron chi connectivity index (χ1n) is 4.91. The van der Waals surface area contributed by atoms with Gasteiger partial charge in [-0.25, -0.2) is 0 Å². The molecular formula is C10H16Cl3N3. The second kappa shape index (κ2) is 8.09. The minimum Gasteiger partial charge on any atom is -0.330 e. The lowest BCUT2D eigenvalue weighted by Gasteiger charge is -2.14. The Labute approximate surface area is 112 Å². The summed E-state index contributed by atoms with van der Waals surface area (Å²) < 4.78 is 0. The van der Waals surface area contributed by atoms with Gasteiger partial charge in [0.1, 0.15) is 0 Å². The van der Waals surface area contributed by atoms with Crippen LogP contribution in [0.5, 0.6) is 0 Å². The van der Waals surface area contributed by atoms with Crippen molar-refractivity contribution >= 4 is 35.6 Å². The van der Waals surface area contributed by atoms with Gasteiger partial charge >= 0.3 is 0 Å². The van der Waals surface area contributed by atoms with E-state index < -0.39 is 0 Å². The van der Waals surface area contributed by atoms with Crippen LogP contribution in [0.2, 0.25) is 10.0 Å². The number of aromatic nitrogens is 1. The molecule has 1 aromatic heterocycles. The summed E-state index contributed by atoms with van der Waals surface area (Å²) in [7, 11) is 0. The smallest absolute Gasteiger partial charge is 0.0651 e. The molecule has 6 heteroatoms. The molecule has 0 aliphatic rings. The number of nitrogens with zero attached hydrogens (tertiary/aromatic N) is 1. The Hall–Kier alpha value is -0.0600. The summed E-state index contributed by atoms with van der Waals surface area (Å²) in [5.41, 5.74) is 12.2. The van der Waals surface area contributed by atoms with Gasteiger partial charge in [0.15, 0.2) is 0 Å². The van der Waals surface area contributed by atoms with Crippen molar-refractivity contribution in [3.63, 3.8) is 0 Å². The van der Waals surface area contributed by atoms with Crippen molar-refractivity contribution in [1.82, 2.24) is 4.98 Å². The summed E-state index contributed by atoms with van der Waals surface area (Å²) in [6.45, 7) is 0.685. The van der Waals surface area contributed by atoms with Gasteiger partial charge < -0.3 is 11.5 Å². The number of hydrogen-bond donors (Lipinski definition) is 2. The zero-order valence-corrected chi connectivity index (χ0v) is 11.2. The molecule has 0 fully saturated rings. The second-order valence-corrected chi connectivity index (χ2v) is 4.22. The molecule has 0 radical (unpaired) electrons. The van der Waals surface area contributed by atoms with Gasteiger partial charge in [-0.2, -0.15) is 0 Å². The summed E-state index contributed by atoms with van der Waals surface area (Å²) in [5, 5.41) is 1.06. The van der Waals surface area contributed by atoms with E-state index >= 15 is 0 Å². The fourth-order valence-corrected chi connectivity index (χ4v) is 2.07. The molecule has 4 N–H and O–H groups in total. The van der Waals surface area contributed by atoms with Gasteiger partial charge in [0.2, 0.25) is 0 Å². The lowest BCUT2D eigenvalue weighted by molar-refractivity contribution is 0.591. The third kappa shape index (κ3) is 4.44. The maximum Gasteiger partial charge on any atom is 0.0651 e. The predicted octanol–water partition coefficient (Wildman–Crippen LogP) is 2.94. The molecule has 3 nitrogen and oxygen atoms in total. The summed E-state index contributed by atoms with van der Waals surface area (Å²) in [4.78, 5) is 3.88. The second-order valence-electron chi connectivity index (χ2n) is 3.41. The van der Waals surface area contributed by atoms with Crippen molar-refractivity contribution in [2.24, 2.45) is 11.5 Å². The molecule has 1 aromatic rings. The molecule has 16 heavy (non-hydrogen) atoms. The molecule has 0 aliphatic carbocycles. The largest absolute Gasteiger partial charge is 0.330 e. The fourth-order valence-electron chi connectivity index (χ4n) is 1.43. The van der Waals surface area contributed by atoms with E-state index in [1.54, 1.807) is 12.4 Å². The number of pyridine rings is 1. The summed E-state index contributed by atoms with van der Waals surface area (Å²) in [5.74, 6) is 0. The Kier molecular flexibility index (Phi) is 8.06. The topological polar surface area (TPSA) is 64.9 Å². The van der Waals surface area contributed by atoms with Gasteiger partial charge in [0.05, 0.1) is 10.0 Å². The molecule has 0 bridgehead atoms. The van der Waals surface area contributed by atoms with Crippen molar-refractivity contribution in [3.05, 3.63) is 28.0 Å². The van der Waals surface area contributed by atoms with Crippen LogP contribution in [-0.4, -0.2) is 11.5 Å². The SMILES string of the molecule is Cl.NCCCC[C@@H](N)c1c(Cl)cncc1Cl. The van der Waals surface area contributed by atoms with Crippen LogP contribution in [0.25, 0.3) is 0 Å². The Balaban J connectivity index is 0.00000225. The average molecular weight is 285 g/mol. The first-order chi connectivity index (χ1) is 7.16. The third-order valence-corrected chi connectivity index (χ3v) is 2.83. The molecule has 0 aliphatic heterocycles. The molecule has 0 saturated heterocycles. The van der Waals surface area contributed by atoms with Crippen molar-refractivity contribution in [3.8, 4) is 0 Å². The Morgan fingerprint density at radius 2 is 1.75 bits per heavy atom. The highest BCUT2D eigenvalue weighted by atomic mass is 35.5. The standard InChI is InChI=1S/C10H15Cl2N3.ClH/c11-7-5-15-6-8(12)10(7)9(14)3-1-2-4-13;/h5-6,9H,1-4,13-14H2;1H/t9-;/m1./s1. The van der Waals surface area contributed by atoms with Gasteiger partial charge in [0.25, 0.3) is 0 Å². The zero-order chi connectivity index (χ0) is 11.3. The van der Waals surface area contributed by atoms with Gasteiger partial charge in [-0.15, -0.1) is 12.4 Å². The Morgan fingerprint density at radius 3 is 2.25 bits per heavy atom. The first kappa shape index (κ1) is 15.9. The highest BCUT2D eigenvalue weighted by molar-refractivity contribution is 6.35. The number of nitrogens with two attached hydrogens (primary N) is 2. The normalized spacial score (nSPS) is 12.0. The van der Waals surface area contributed by atoms with E-state index in [4.69, 9.17) is 34.7 Å². The van der Waals surface area contributed by atoms with Crippen LogP contribution in [0.1, 0.15) is 30.9 Å². The lowest BCUT2D eigenvalue weighted by atomic mass is 10.0. The van der Waals surface area contributed by atoms with E-state index in [-0.39, 0.29) is 18.4 Å². The highest BCUT2D eigenvalue weighted by Crippen LogP contribution is 2.30. The van der Waals surface area contributed by atoms with E-state index in [0.717, 1.165) is 24.8 Å². The zero-order valence-electron chi connectivity index (χ0n) is 8.83. The van der Waals surface area contributed by atoms with Gasteiger partial charge in [0, 0.05) is 24.0 Å². The van der Waals surface area contributed by atoms with Crippen LogP contribution < -0.4 is 11.5 Å². The van der Waals surface area contributed by atoms with Crippen molar-refractivity contribution in [2.75, 3.05) is 6.54 Å². The number of unbranched alkanes of at least 4 members (excludes halogenated alkanes) is 1. The van der Waals surface area contributed by atoms with E-state index in [2.05, 4.69) is 4.98 Å². The molecule has 1 rings (SSSR count). The lowest BCUT2D eigenvalue weighted by Crippen LogP contribution is -2.12. The van der Waals surface area contributed by atoms with Crippen LogP contribution in [-0.2, 0) is 0 Å². The van der Waals surface area contributed by atoms with Crippen molar-refractivity contribution in [1.29, 1.82) is 0 Å². The van der Waals surface area contributed by atoms with E-state index in [1.165, 1.54) is 0 Å². The molecule has 0 saturated carbocycles. The van der Waals surface area contributed by atoms with Gasteiger partial charge in [-0.3, -0.25) is 4.98 Å². The number of rotatable bonds is 5. The molecular weight excluding hydrogens is 268 g/mol. The molecule has 92 valence electrons. The average Bonchev–Trinajstić information content (AvgIpc) is 2.18. The molecule has 0 aromatic carbocycles. The van der Waals surface area contributed by atoms with E-state index in [0.29, 0.717) is 16.6 Å². The van der Waals surface area contributed by atoms with Crippen LogP contribution >= 0.6 is 35.6 Å². The van der Waals surface area contributed by atoms with Crippen LogP contribution in [0.4, 0.5) is 0 Å². The minimum absolute atomic E-state index is 0. The molecule has 0 spiro atoms.